The van der Waals surface area contributed by atoms with Gasteiger partial charge in [0.2, 0.25) is 10.0 Å². The standard InChI is InChI=1S/C37H46F2N4O8S2/c38-24-10-21(11-25(39)15-24)12-29(42-37(45)51-34-23-13-27-28(34)20-50-35(27)49-19-23)31(44)17-43-8-4-2-1-3-5-9-48-18-22-14-30-32(16-33(22)53(43,46)47)52-36(41-30)40-26-6-7-26/h10-11,14-16,23,26-29,31,34-35,44H,1-9,12-13,17-20H2,(H,40,41)(H,42,45)/t23?,27?,28?,29-,31+,34-,35-/m0/s1. The molecule has 8 rings (SSSR count). The summed E-state index contributed by atoms with van der Waals surface area (Å²) in [6.07, 6.45) is 3.71. The van der Waals surface area contributed by atoms with Gasteiger partial charge >= 0.3 is 6.09 Å². The van der Waals surface area contributed by atoms with Crippen LogP contribution in [0.3, 0.4) is 0 Å². The molecule has 4 heterocycles. The molecule has 2 aliphatic carbocycles. The predicted molar refractivity (Wildman–Crippen MR) is 192 cm³/mol. The molecule has 5 aliphatic rings. The number of hydrogen-bond donors (Lipinski definition) is 3. The maximum Gasteiger partial charge on any atom is 0.407 e. The monoisotopic (exact) mass is 776 g/mol. The Morgan fingerprint density at radius 3 is 2.62 bits per heavy atom. The lowest BCUT2D eigenvalue weighted by Crippen LogP contribution is -2.51. The molecule has 2 aromatic carbocycles. The highest BCUT2D eigenvalue weighted by atomic mass is 32.2. The maximum atomic E-state index is 14.7. The molecule has 3 aliphatic heterocycles. The first kappa shape index (κ1) is 37.0. The minimum Gasteiger partial charge on any atom is -0.445 e. The molecular weight excluding hydrogens is 731 g/mol. The van der Waals surface area contributed by atoms with Gasteiger partial charge in [0.05, 0.1) is 47.1 Å². The van der Waals surface area contributed by atoms with Crippen molar-refractivity contribution in [2.24, 2.45) is 17.8 Å². The van der Waals surface area contributed by atoms with Crippen molar-refractivity contribution >= 4 is 42.8 Å². The summed E-state index contributed by atoms with van der Waals surface area (Å²) in [5.41, 5.74) is 1.33. The van der Waals surface area contributed by atoms with Crippen LogP contribution >= 0.6 is 11.3 Å². The van der Waals surface area contributed by atoms with Crippen molar-refractivity contribution in [1.82, 2.24) is 14.6 Å². The first-order chi connectivity index (χ1) is 25.6. The van der Waals surface area contributed by atoms with E-state index in [9.17, 15) is 27.1 Å². The molecule has 7 atom stereocenters. The highest BCUT2D eigenvalue weighted by Crippen LogP contribution is 2.49. The van der Waals surface area contributed by atoms with Gasteiger partial charge < -0.3 is 34.7 Å². The van der Waals surface area contributed by atoms with Crippen molar-refractivity contribution in [3.8, 4) is 0 Å². The molecule has 3 unspecified atom stereocenters. The molecule has 0 spiro atoms. The second kappa shape index (κ2) is 15.6. The molecule has 4 fully saturated rings. The van der Waals surface area contributed by atoms with Gasteiger partial charge in [0.15, 0.2) is 11.4 Å². The number of carbonyl (C=O) groups excluding carboxylic acids is 1. The molecule has 12 nitrogen and oxygen atoms in total. The molecule has 3 aromatic rings. The van der Waals surface area contributed by atoms with E-state index in [-0.39, 0.29) is 60.6 Å². The quantitative estimate of drug-likeness (QED) is 0.261. The van der Waals surface area contributed by atoms with Crippen molar-refractivity contribution in [1.29, 1.82) is 0 Å². The van der Waals surface area contributed by atoms with Gasteiger partial charge in [-0.05, 0) is 73.9 Å². The summed E-state index contributed by atoms with van der Waals surface area (Å²) in [7, 11) is -4.23. The molecule has 16 heteroatoms. The number of fused-ring (bicyclic) bond motifs is 3. The van der Waals surface area contributed by atoms with E-state index in [4.69, 9.17) is 23.9 Å². The molecule has 2 saturated heterocycles. The Balaban J connectivity index is 1.07. The number of sulfonamides is 1. The van der Waals surface area contributed by atoms with Gasteiger partial charge in [-0.2, -0.15) is 4.31 Å². The lowest BCUT2D eigenvalue weighted by molar-refractivity contribution is -0.169. The zero-order valence-electron chi connectivity index (χ0n) is 29.4. The predicted octanol–water partition coefficient (Wildman–Crippen LogP) is 5.33. The number of benzene rings is 2. The molecular formula is C37H46F2N4O8S2. The van der Waals surface area contributed by atoms with Crippen LogP contribution < -0.4 is 10.6 Å². The van der Waals surface area contributed by atoms with E-state index < -0.39 is 46.0 Å². The van der Waals surface area contributed by atoms with Crippen LogP contribution in [0.25, 0.3) is 10.2 Å². The number of anilines is 1. The van der Waals surface area contributed by atoms with Crippen LogP contribution in [0.5, 0.6) is 0 Å². The van der Waals surface area contributed by atoms with Gasteiger partial charge in [0.25, 0.3) is 0 Å². The van der Waals surface area contributed by atoms with Crippen LogP contribution in [-0.2, 0) is 42.0 Å². The van der Waals surface area contributed by atoms with Gasteiger partial charge in [-0.1, -0.05) is 30.6 Å². The van der Waals surface area contributed by atoms with Gasteiger partial charge in [-0.15, -0.1) is 0 Å². The Bertz CT molecular complexity index is 1890. The van der Waals surface area contributed by atoms with Crippen molar-refractivity contribution in [2.45, 2.75) is 99.9 Å². The summed E-state index contributed by atoms with van der Waals surface area (Å²) in [6, 6.07) is 5.62. The minimum atomic E-state index is -4.23. The van der Waals surface area contributed by atoms with E-state index in [1.54, 1.807) is 12.1 Å². The fraction of sp³-hybridized carbons (Fsp3) is 0.622. The van der Waals surface area contributed by atoms with E-state index in [1.807, 2.05) is 0 Å². The number of β-amino-alcohol motifs (C(OH)–C–C–N with tert-alkyl or cyclic N) is 1. The summed E-state index contributed by atoms with van der Waals surface area (Å²) in [5, 5.41) is 18.7. The number of alkyl carbamates (subject to hydrolysis) is 1. The minimum absolute atomic E-state index is 0.00268. The average molecular weight is 777 g/mol. The summed E-state index contributed by atoms with van der Waals surface area (Å²) >= 11 is 1.39. The lowest BCUT2D eigenvalue weighted by atomic mass is 9.98. The van der Waals surface area contributed by atoms with Gasteiger partial charge in [-0.3, -0.25) is 0 Å². The summed E-state index contributed by atoms with van der Waals surface area (Å²) in [4.78, 5) is 18.3. The van der Waals surface area contributed by atoms with E-state index >= 15 is 0 Å². The smallest absolute Gasteiger partial charge is 0.407 e. The summed E-state index contributed by atoms with van der Waals surface area (Å²) < 4.78 is 83.4. The van der Waals surface area contributed by atoms with Crippen LogP contribution in [0.4, 0.5) is 18.7 Å². The second-order valence-corrected chi connectivity index (χ2v) is 18.0. The molecule has 53 heavy (non-hydrogen) atoms. The number of thiazole rings is 1. The van der Waals surface area contributed by atoms with Crippen LogP contribution in [0.15, 0.2) is 35.2 Å². The highest BCUT2D eigenvalue weighted by molar-refractivity contribution is 7.89. The third-order valence-corrected chi connectivity index (χ3v) is 14.0. The number of halogens is 2. The third kappa shape index (κ3) is 8.33. The number of amides is 1. The SMILES string of the molecule is O=C(N[C@@H](Cc1cc(F)cc(F)c1)[C@H](O)CN1CCCCCCCOCc2cc3nc(NC4CC4)sc3cc2S1(=O)=O)O[C@H]1C2CO[C@H]3OCC1C3C2. The average Bonchev–Trinajstić information content (AvgIpc) is 3.57. The molecule has 1 amide bonds. The molecule has 3 N–H and O–H groups in total. The Labute approximate surface area is 311 Å². The summed E-state index contributed by atoms with van der Waals surface area (Å²) in [6.45, 7) is 1.11. The van der Waals surface area contributed by atoms with Crippen molar-refractivity contribution in [3.63, 3.8) is 0 Å². The first-order valence-electron chi connectivity index (χ1n) is 18.7. The molecule has 288 valence electrons. The zero-order chi connectivity index (χ0) is 36.7. The molecule has 2 saturated carbocycles. The largest absolute Gasteiger partial charge is 0.445 e. The van der Waals surface area contributed by atoms with Crippen molar-refractivity contribution in [3.05, 3.63) is 53.1 Å². The van der Waals surface area contributed by atoms with E-state index in [0.717, 1.165) is 68.3 Å². The Morgan fingerprint density at radius 2 is 1.81 bits per heavy atom. The number of aliphatic hydroxyl groups excluding tert-OH is 1. The number of rotatable bonds is 9. The molecule has 0 radical (unpaired) electrons. The van der Waals surface area contributed by atoms with Crippen molar-refractivity contribution < 1.29 is 46.0 Å². The van der Waals surface area contributed by atoms with Crippen LogP contribution in [0.2, 0.25) is 0 Å². The molecule has 2 bridgehead atoms. The van der Waals surface area contributed by atoms with Gasteiger partial charge in [0, 0.05) is 49.6 Å². The van der Waals surface area contributed by atoms with Gasteiger partial charge in [0.1, 0.15) is 17.7 Å². The first-order valence-corrected chi connectivity index (χ1v) is 21.0. The van der Waals surface area contributed by atoms with E-state index in [1.165, 1.54) is 15.6 Å². The van der Waals surface area contributed by atoms with E-state index in [2.05, 4.69) is 10.6 Å². The molecule has 1 aromatic heterocycles. The van der Waals surface area contributed by atoms with Crippen molar-refractivity contribution in [2.75, 3.05) is 38.2 Å². The number of nitrogens with one attached hydrogen (secondary N) is 2. The number of aromatic nitrogens is 1. The second-order valence-electron chi connectivity index (χ2n) is 15.1. The fourth-order valence-corrected chi connectivity index (χ4v) is 11.0. The third-order valence-electron chi connectivity index (χ3n) is 11.1. The Hall–Kier alpha value is -2.99. The number of ether oxygens (including phenoxy) is 4. The zero-order valence-corrected chi connectivity index (χ0v) is 31.0. The van der Waals surface area contributed by atoms with E-state index in [0.29, 0.717) is 48.1 Å². The van der Waals surface area contributed by atoms with Crippen LogP contribution in [-0.4, -0.2) is 92.4 Å². The van der Waals surface area contributed by atoms with Crippen LogP contribution in [0.1, 0.15) is 62.5 Å². The number of nitrogens with zero attached hydrogens (tertiary/aromatic N) is 2. The summed E-state index contributed by atoms with van der Waals surface area (Å²) in [5.74, 6) is -1.51. The Kier molecular flexibility index (Phi) is 10.9. The van der Waals surface area contributed by atoms with Gasteiger partial charge in [-0.25, -0.2) is 27.0 Å². The van der Waals surface area contributed by atoms with Crippen LogP contribution in [0, 0.1) is 29.4 Å². The lowest BCUT2D eigenvalue weighted by Gasteiger charge is -2.31. The fourth-order valence-electron chi connectivity index (χ4n) is 8.23. The maximum absolute atomic E-state index is 14.7. The topological polar surface area (TPSA) is 149 Å². The Morgan fingerprint density at radius 1 is 1.04 bits per heavy atom. The number of hydrogen-bond acceptors (Lipinski definition) is 11. The number of aliphatic hydroxyl groups is 1. The number of carbonyl (C=O) groups is 1. The highest BCUT2D eigenvalue weighted by Gasteiger charge is 2.56. The normalized spacial score (nSPS) is 28.6.